The van der Waals surface area contributed by atoms with Crippen molar-refractivity contribution >= 4 is 28.7 Å². The summed E-state index contributed by atoms with van der Waals surface area (Å²) in [5, 5.41) is 27.2. The molecule has 1 amide bonds. The van der Waals surface area contributed by atoms with Crippen LogP contribution in [0.1, 0.15) is 28.8 Å². The number of carbonyl (C=O) groups is 1. The lowest BCUT2D eigenvalue weighted by molar-refractivity contribution is -0.385. The smallest absolute Gasteiger partial charge is 0.310 e. The van der Waals surface area contributed by atoms with Crippen molar-refractivity contribution < 1.29 is 19.6 Å². The topological polar surface area (TPSA) is 114 Å². The number of nitrogens with one attached hydrogen (secondary N) is 2. The summed E-state index contributed by atoms with van der Waals surface area (Å²) in [6, 6.07) is 15.9. The van der Waals surface area contributed by atoms with Crippen LogP contribution in [0.4, 0.5) is 22.7 Å². The monoisotopic (exact) mass is 431 g/mol. The zero-order valence-electron chi connectivity index (χ0n) is 17.3. The number of fused-ring (bicyclic) bond motifs is 2. The summed E-state index contributed by atoms with van der Waals surface area (Å²) in [5.74, 6) is -0.0611. The standard InChI is InChI=1S/C24H21N3O5/c1-32-22-11-15(3-7-21(22)27(30)31)14-2-5-17-19(10-14)25-18-6-4-16(24(13-28)8-9-24)12-20(18)26-23(17)29/h2-7,10-12,25,28H,8-9,13H2,1H3,(H,26,29). The van der Waals surface area contributed by atoms with Crippen molar-refractivity contribution in [3.8, 4) is 16.9 Å². The highest BCUT2D eigenvalue weighted by atomic mass is 16.6. The van der Waals surface area contributed by atoms with Gasteiger partial charge in [-0.1, -0.05) is 12.1 Å². The second-order valence-electron chi connectivity index (χ2n) is 8.18. The average molecular weight is 431 g/mol. The summed E-state index contributed by atoms with van der Waals surface area (Å²) in [5.41, 5.74) is 4.78. The highest BCUT2D eigenvalue weighted by molar-refractivity contribution is 6.12. The third kappa shape index (κ3) is 3.25. The molecule has 8 heteroatoms. The van der Waals surface area contributed by atoms with Gasteiger partial charge in [0.25, 0.3) is 5.91 Å². The number of anilines is 3. The molecule has 3 aromatic rings. The molecule has 1 fully saturated rings. The summed E-state index contributed by atoms with van der Waals surface area (Å²) in [4.78, 5) is 23.6. The van der Waals surface area contributed by atoms with Gasteiger partial charge in [0.2, 0.25) is 0 Å². The molecule has 8 nitrogen and oxygen atoms in total. The SMILES string of the molecule is COc1cc(-c2ccc3c(c2)Nc2ccc(C4(CO)CC4)cc2NC3=O)ccc1[N+](=O)[O-]. The van der Waals surface area contributed by atoms with E-state index in [9.17, 15) is 20.0 Å². The van der Waals surface area contributed by atoms with Crippen LogP contribution >= 0.6 is 0 Å². The average Bonchev–Trinajstić information content (AvgIpc) is 3.61. The van der Waals surface area contributed by atoms with Gasteiger partial charge in [0.05, 0.1) is 41.3 Å². The maximum absolute atomic E-state index is 12.9. The summed E-state index contributed by atoms with van der Waals surface area (Å²) in [6.07, 6.45) is 1.87. The van der Waals surface area contributed by atoms with Crippen LogP contribution in [0.3, 0.4) is 0 Å². The van der Waals surface area contributed by atoms with Crippen molar-refractivity contribution in [2.45, 2.75) is 18.3 Å². The van der Waals surface area contributed by atoms with E-state index in [4.69, 9.17) is 4.74 Å². The number of nitrogens with zero attached hydrogens (tertiary/aromatic N) is 1. The quantitative estimate of drug-likeness (QED) is 0.402. The minimum absolute atomic E-state index is 0.0927. The van der Waals surface area contributed by atoms with Crippen LogP contribution in [0.5, 0.6) is 5.75 Å². The number of aliphatic hydroxyl groups excluding tert-OH is 1. The van der Waals surface area contributed by atoms with Gasteiger partial charge < -0.3 is 20.5 Å². The molecule has 2 aliphatic rings. The van der Waals surface area contributed by atoms with Crippen LogP contribution in [0.15, 0.2) is 54.6 Å². The lowest BCUT2D eigenvalue weighted by Crippen LogP contribution is -2.14. The molecule has 32 heavy (non-hydrogen) atoms. The first-order valence-electron chi connectivity index (χ1n) is 10.2. The van der Waals surface area contributed by atoms with Crippen LogP contribution in [-0.4, -0.2) is 29.7 Å². The molecule has 1 aliphatic carbocycles. The highest BCUT2D eigenvalue weighted by Crippen LogP contribution is 2.49. The number of rotatable bonds is 5. The zero-order valence-corrected chi connectivity index (χ0v) is 17.3. The second kappa shape index (κ2) is 7.35. The minimum Gasteiger partial charge on any atom is -0.490 e. The molecule has 162 valence electrons. The van der Waals surface area contributed by atoms with E-state index in [2.05, 4.69) is 10.6 Å². The van der Waals surface area contributed by atoms with E-state index in [0.29, 0.717) is 16.9 Å². The molecule has 5 rings (SSSR count). The lowest BCUT2D eigenvalue weighted by atomic mass is 9.96. The lowest BCUT2D eigenvalue weighted by Gasteiger charge is -2.16. The Bertz CT molecular complexity index is 1270. The number of hydrogen-bond acceptors (Lipinski definition) is 6. The Morgan fingerprint density at radius 2 is 1.75 bits per heavy atom. The summed E-state index contributed by atoms with van der Waals surface area (Å²) < 4.78 is 5.18. The van der Waals surface area contributed by atoms with Crippen LogP contribution in [-0.2, 0) is 5.41 Å². The van der Waals surface area contributed by atoms with Crippen LogP contribution in [0.2, 0.25) is 0 Å². The molecule has 0 unspecified atom stereocenters. The number of methoxy groups -OCH3 is 1. The Balaban J connectivity index is 1.53. The molecule has 0 radical (unpaired) electrons. The first-order valence-corrected chi connectivity index (χ1v) is 10.2. The number of ether oxygens (including phenoxy) is 1. The Labute approximate surface area is 184 Å². The van der Waals surface area contributed by atoms with E-state index in [1.165, 1.54) is 13.2 Å². The van der Waals surface area contributed by atoms with E-state index in [0.717, 1.165) is 35.2 Å². The molecular weight excluding hydrogens is 410 g/mol. The van der Waals surface area contributed by atoms with Crippen LogP contribution in [0.25, 0.3) is 11.1 Å². The number of aliphatic hydroxyl groups is 1. The zero-order chi connectivity index (χ0) is 22.5. The number of amides is 1. The van der Waals surface area contributed by atoms with E-state index in [1.54, 1.807) is 24.3 Å². The molecular formula is C24H21N3O5. The van der Waals surface area contributed by atoms with E-state index in [-0.39, 0.29) is 29.4 Å². The molecule has 1 saturated carbocycles. The Kier molecular flexibility index (Phi) is 4.60. The van der Waals surface area contributed by atoms with Gasteiger partial charge in [-0.3, -0.25) is 14.9 Å². The predicted molar refractivity (Wildman–Crippen MR) is 121 cm³/mol. The largest absolute Gasteiger partial charge is 0.490 e. The molecule has 0 spiro atoms. The van der Waals surface area contributed by atoms with Gasteiger partial charge in [0.1, 0.15) is 0 Å². The van der Waals surface area contributed by atoms with Crippen molar-refractivity contribution in [2.75, 3.05) is 24.4 Å². The van der Waals surface area contributed by atoms with Crippen LogP contribution < -0.4 is 15.4 Å². The Hall–Kier alpha value is -3.91. The number of nitro benzene ring substituents is 1. The Morgan fingerprint density at radius 1 is 1.00 bits per heavy atom. The molecule has 0 bridgehead atoms. The molecule has 0 saturated heterocycles. The maximum Gasteiger partial charge on any atom is 0.310 e. The molecule has 3 N–H and O–H groups in total. The third-order valence-corrected chi connectivity index (χ3v) is 6.28. The van der Waals surface area contributed by atoms with Gasteiger partial charge >= 0.3 is 5.69 Å². The van der Waals surface area contributed by atoms with E-state index >= 15 is 0 Å². The van der Waals surface area contributed by atoms with Crippen molar-refractivity contribution in [1.29, 1.82) is 0 Å². The molecule has 0 aromatic heterocycles. The fourth-order valence-corrected chi connectivity index (χ4v) is 4.14. The first kappa shape index (κ1) is 20.0. The first-order chi connectivity index (χ1) is 15.4. The fourth-order valence-electron chi connectivity index (χ4n) is 4.14. The number of benzene rings is 3. The van der Waals surface area contributed by atoms with Gasteiger partial charge in [-0.15, -0.1) is 0 Å². The number of hydrogen-bond donors (Lipinski definition) is 3. The van der Waals surface area contributed by atoms with Gasteiger partial charge in [0.15, 0.2) is 5.75 Å². The van der Waals surface area contributed by atoms with E-state index < -0.39 is 4.92 Å². The predicted octanol–water partition coefficient (Wildman–Crippen LogP) is 4.60. The van der Waals surface area contributed by atoms with Gasteiger partial charge in [-0.05, 0) is 65.9 Å². The third-order valence-electron chi connectivity index (χ3n) is 6.28. The molecule has 1 heterocycles. The molecule has 1 aliphatic heterocycles. The fraction of sp³-hybridized carbons (Fsp3) is 0.208. The summed E-state index contributed by atoms with van der Waals surface area (Å²) in [6.45, 7) is 0.0927. The van der Waals surface area contributed by atoms with Gasteiger partial charge in [-0.2, -0.15) is 0 Å². The minimum atomic E-state index is -0.487. The van der Waals surface area contributed by atoms with Crippen molar-refractivity contribution in [2.24, 2.45) is 0 Å². The normalized spacial score (nSPS) is 15.5. The molecule has 0 atom stereocenters. The van der Waals surface area contributed by atoms with Gasteiger partial charge in [0, 0.05) is 11.5 Å². The van der Waals surface area contributed by atoms with Crippen molar-refractivity contribution in [3.63, 3.8) is 0 Å². The van der Waals surface area contributed by atoms with Gasteiger partial charge in [-0.25, -0.2) is 0 Å². The van der Waals surface area contributed by atoms with Crippen molar-refractivity contribution in [3.05, 3.63) is 75.8 Å². The number of nitro groups is 1. The van der Waals surface area contributed by atoms with Crippen LogP contribution in [0, 0.1) is 10.1 Å². The van der Waals surface area contributed by atoms with E-state index in [1.807, 2.05) is 24.3 Å². The van der Waals surface area contributed by atoms with Crippen molar-refractivity contribution in [1.82, 2.24) is 0 Å². The number of carbonyl (C=O) groups excluding carboxylic acids is 1. The molecule has 3 aromatic carbocycles. The summed E-state index contributed by atoms with van der Waals surface area (Å²) >= 11 is 0. The Morgan fingerprint density at radius 3 is 2.44 bits per heavy atom. The highest BCUT2D eigenvalue weighted by Gasteiger charge is 2.44. The summed E-state index contributed by atoms with van der Waals surface area (Å²) in [7, 11) is 1.39. The maximum atomic E-state index is 12.9. The second-order valence-corrected chi connectivity index (χ2v) is 8.18.